The van der Waals surface area contributed by atoms with Gasteiger partial charge in [0.05, 0.1) is 0 Å². The van der Waals surface area contributed by atoms with Gasteiger partial charge >= 0.3 is 6.09 Å². The molecule has 0 aliphatic carbocycles. The minimum atomic E-state index is -0.833. The van der Waals surface area contributed by atoms with Gasteiger partial charge in [-0.2, -0.15) is 0 Å². The van der Waals surface area contributed by atoms with Gasteiger partial charge in [-0.3, -0.25) is 4.90 Å². The molecule has 0 unspecified atom stereocenters. The first kappa shape index (κ1) is 16.1. The lowest BCUT2D eigenvalue weighted by Crippen LogP contribution is -2.42. The second-order valence-electron chi connectivity index (χ2n) is 6.26. The van der Waals surface area contributed by atoms with Gasteiger partial charge in [-0.1, -0.05) is 12.1 Å². The summed E-state index contributed by atoms with van der Waals surface area (Å²) in [5, 5.41) is 12.3. The third-order valence-electron chi connectivity index (χ3n) is 4.55. The number of piperidine rings is 1. The number of amides is 1. The van der Waals surface area contributed by atoms with E-state index in [1.807, 2.05) is 12.1 Å². The van der Waals surface area contributed by atoms with Crippen LogP contribution in [0.1, 0.15) is 18.4 Å². The molecule has 1 amide bonds. The average molecular weight is 319 g/mol. The Morgan fingerprint density at radius 1 is 1.13 bits per heavy atom. The van der Waals surface area contributed by atoms with Crippen LogP contribution in [0.25, 0.3) is 0 Å². The van der Waals surface area contributed by atoms with Crippen LogP contribution in [0.4, 0.5) is 4.79 Å². The van der Waals surface area contributed by atoms with E-state index in [9.17, 15) is 4.79 Å². The van der Waals surface area contributed by atoms with E-state index >= 15 is 0 Å². The van der Waals surface area contributed by atoms with Gasteiger partial charge in [-0.05, 0) is 17.7 Å². The van der Waals surface area contributed by atoms with Crippen molar-refractivity contribution in [2.24, 2.45) is 0 Å². The van der Waals surface area contributed by atoms with E-state index in [4.69, 9.17) is 9.84 Å². The first-order valence-corrected chi connectivity index (χ1v) is 8.37. The maximum absolute atomic E-state index is 10.9. The molecule has 0 aromatic heterocycles. The number of likely N-dealkylation sites (tertiary alicyclic amines) is 1. The van der Waals surface area contributed by atoms with E-state index in [-0.39, 0.29) is 6.10 Å². The Hall–Kier alpha value is -1.79. The molecule has 0 spiro atoms. The Morgan fingerprint density at radius 2 is 1.78 bits per heavy atom. The Labute approximate surface area is 137 Å². The van der Waals surface area contributed by atoms with Crippen molar-refractivity contribution in [1.82, 2.24) is 15.1 Å². The van der Waals surface area contributed by atoms with E-state index in [1.165, 1.54) is 10.5 Å². The van der Waals surface area contributed by atoms with Gasteiger partial charge < -0.3 is 20.1 Å². The Kier molecular flexibility index (Phi) is 5.35. The van der Waals surface area contributed by atoms with Crippen LogP contribution in [0.2, 0.25) is 0 Å². The number of hydrogen-bond donors (Lipinski definition) is 2. The van der Waals surface area contributed by atoms with Gasteiger partial charge in [0.15, 0.2) is 0 Å². The Balaban J connectivity index is 1.47. The molecule has 2 aliphatic rings. The van der Waals surface area contributed by atoms with E-state index in [2.05, 4.69) is 22.3 Å². The van der Waals surface area contributed by atoms with E-state index in [0.717, 1.165) is 51.3 Å². The highest BCUT2D eigenvalue weighted by Crippen LogP contribution is 2.20. The molecule has 0 bridgehead atoms. The minimum absolute atomic E-state index is 0.115. The predicted molar refractivity (Wildman–Crippen MR) is 87.8 cm³/mol. The van der Waals surface area contributed by atoms with Gasteiger partial charge in [0.2, 0.25) is 0 Å². The third-order valence-corrected chi connectivity index (χ3v) is 4.55. The van der Waals surface area contributed by atoms with Crippen LogP contribution >= 0.6 is 0 Å². The average Bonchev–Trinajstić information content (AvgIpc) is 2.58. The van der Waals surface area contributed by atoms with E-state index in [1.54, 1.807) is 0 Å². The van der Waals surface area contributed by atoms with Gasteiger partial charge in [0.1, 0.15) is 11.9 Å². The summed E-state index contributed by atoms with van der Waals surface area (Å²) in [7, 11) is 0. The van der Waals surface area contributed by atoms with Crippen molar-refractivity contribution in [1.29, 1.82) is 0 Å². The summed E-state index contributed by atoms with van der Waals surface area (Å²) in [4.78, 5) is 14.8. The maximum Gasteiger partial charge on any atom is 0.407 e. The standard InChI is InChI=1S/C17H25N3O3/c21-17(22)20-9-5-16(6-10-20)23-15-3-1-14(2-4-15)13-19-11-7-18-8-12-19/h1-4,16,18H,5-13H2,(H,21,22). The molecule has 2 heterocycles. The van der Waals surface area contributed by atoms with Crippen LogP contribution in [0.15, 0.2) is 24.3 Å². The first-order chi connectivity index (χ1) is 11.2. The molecule has 2 fully saturated rings. The second kappa shape index (κ2) is 7.66. The summed E-state index contributed by atoms with van der Waals surface area (Å²) >= 11 is 0. The van der Waals surface area contributed by atoms with Crippen molar-refractivity contribution in [3.8, 4) is 5.75 Å². The zero-order valence-corrected chi connectivity index (χ0v) is 13.4. The van der Waals surface area contributed by atoms with Gasteiger partial charge in [0.25, 0.3) is 0 Å². The molecule has 2 N–H and O–H groups in total. The predicted octanol–water partition coefficient (Wildman–Crippen LogP) is 1.61. The van der Waals surface area contributed by atoms with Gasteiger partial charge in [-0.15, -0.1) is 0 Å². The van der Waals surface area contributed by atoms with Crippen LogP contribution in [0, 0.1) is 0 Å². The zero-order chi connectivity index (χ0) is 16.1. The SMILES string of the molecule is O=C(O)N1CCC(Oc2ccc(CN3CCNCC3)cc2)CC1. The van der Waals surface area contributed by atoms with E-state index in [0.29, 0.717) is 13.1 Å². The molecule has 2 saturated heterocycles. The number of piperazine rings is 1. The Morgan fingerprint density at radius 3 is 2.39 bits per heavy atom. The summed E-state index contributed by atoms with van der Waals surface area (Å²) in [6.07, 6.45) is 0.800. The molecule has 0 saturated carbocycles. The second-order valence-corrected chi connectivity index (χ2v) is 6.26. The number of carboxylic acid groups (broad SMARTS) is 1. The smallest absolute Gasteiger partial charge is 0.407 e. The molecule has 0 radical (unpaired) electrons. The molecule has 1 aromatic carbocycles. The van der Waals surface area contributed by atoms with Crippen LogP contribution < -0.4 is 10.1 Å². The van der Waals surface area contributed by atoms with Crippen molar-refractivity contribution in [2.75, 3.05) is 39.3 Å². The summed E-state index contributed by atoms with van der Waals surface area (Å²) in [6, 6.07) is 8.32. The number of nitrogens with zero attached hydrogens (tertiary/aromatic N) is 2. The molecule has 126 valence electrons. The van der Waals surface area contributed by atoms with Crippen molar-refractivity contribution in [3.05, 3.63) is 29.8 Å². The fourth-order valence-electron chi connectivity index (χ4n) is 3.16. The molecular formula is C17H25N3O3. The summed E-state index contributed by atoms with van der Waals surface area (Å²) in [5.41, 5.74) is 1.31. The van der Waals surface area contributed by atoms with Crippen molar-refractivity contribution >= 4 is 6.09 Å². The Bertz CT molecular complexity index is 506. The molecule has 3 rings (SSSR count). The maximum atomic E-state index is 10.9. The van der Waals surface area contributed by atoms with Crippen LogP contribution in [0.3, 0.4) is 0 Å². The fraction of sp³-hybridized carbons (Fsp3) is 0.588. The van der Waals surface area contributed by atoms with Crippen molar-refractivity contribution in [3.63, 3.8) is 0 Å². The number of carbonyl (C=O) groups is 1. The first-order valence-electron chi connectivity index (χ1n) is 8.37. The van der Waals surface area contributed by atoms with Crippen LogP contribution in [-0.4, -0.2) is 66.4 Å². The number of nitrogens with one attached hydrogen (secondary N) is 1. The van der Waals surface area contributed by atoms with Crippen molar-refractivity contribution < 1.29 is 14.6 Å². The quantitative estimate of drug-likeness (QED) is 0.883. The summed E-state index contributed by atoms with van der Waals surface area (Å²) in [5.74, 6) is 0.878. The summed E-state index contributed by atoms with van der Waals surface area (Å²) in [6.45, 7) is 6.42. The zero-order valence-electron chi connectivity index (χ0n) is 13.4. The monoisotopic (exact) mass is 319 g/mol. The number of hydrogen-bond acceptors (Lipinski definition) is 4. The largest absolute Gasteiger partial charge is 0.490 e. The fourth-order valence-corrected chi connectivity index (χ4v) is 3.16. The minimum Gasteiger partial charge on any atom is -0.490 e. The lowest BCUT2D eigenvalue weighted by atomic mass is 10.1. The summed E-state index contributed by atoms with van der Waals surface area (Å²) < 4.78 is 5.99. The number of rotatable bonds is 4. The highest BCUT2D eigenvalue weighted by molar-refractivity contribution is 5.65. The van der Waals surface area contributed by atoms with E-state index < -0.39 is 6.09 Å². The highest BCUT2D eigenvalue weighted by atomic mass is 16.5. The molecule has 2 aliphatic heterocycles. The lowest BCUT2D eigenvalue weighted by Gasteiger charge is -2.30. The number of ether oxygens (including phenoxy) is 1. The molecular weight excluding hydrogens is 294 g/mol. The molecule has 6 nitrogen and oxygen atoms in total. The van der Waals surface area contributed by atoms with Crippen LogP contribution in [0.5, 0.6) is 5.75 Å². The van der Waals surface area contributed by atoms with Crippen LogP contribution in [-0.2, 0) is 6.54 Å². The normalized spacial score (nSPS) is 20.4. The highest BCUT2D eigenvalue weighted by Gasteiger charge is 2.23. The topological polar surface area (TPSA) is 65.0 Å². The molecule has 1 aromatic rings. The number of benzene rings is 1. The van der Waals surface area contributed by atoms with Gasteiger partial charge in [0, 0.05) is 58.7 Å². The molecule has 0 atom stereocenters. The molecule has 6 heteroatoms. The lowest BCUT2D eigenvalue weighted by molar-refractivity contribution is 0.0894. The third kappa shape index (κ3) is 4.59. The molecule has 23 heavy (non-hydrogen) atoms. The van der Waals surface area contributed by atoms with Gasteiger partial charge in [-0.25, -0.2) is 4.79 Å². The van der Waals surface area contributed by atoms with Crippen molar-refractivity contribution in [2.45, 2.75) is 25.5 Å².